The number of ether oxygens (including phenoxy) is 1. The molecule has 1 amide bonds. The lowest BCUT2D eigenvalue weighted by atomic mass is 9.54. The molecule has 2 unspecified atom stereocenters. The summed E-state index contributed by atoms with van der Waals surface area (Å²) in [4.78, 5) is 17.5. The summed E-state index contributed by atoms with van der Waals surface area (Å²) in [6, 6.07) is 0. The third-order valence-corrected chi connectivity index (χ3v) is 6.58. The van der Waals surface area contributed by atoms with E-state index in [1.165, 1.54) is 19.4 Å². The maximum atomic E-state index is 13.1. The van der Waals surface area contributed by atoms with Crippen LogP contribution in [-0.2, 0) is 9.53 Å². The Kier molecular flexibility index (Phi) is 6.91. The zero-order valence-corrected chi connectivity index (χ0v) is 17.0. The van der Waals surface area contributed by atoms with Crippen LogP contribution in [0.5, 0.6) is 0 Å². The Morgan fingerprint density at radius 3 is 2.44 bits per heavy atom. The SMILES string of the molecule is CCCCN(C)CC1CCN(C(=O)C2(N)CC(OCC)C2(C)C)CC1. The van der Waals surface area contributed by atoms with Gasteiger partial charge in [0.1, 0.15) is 5.54 Å². The molecule has 2 atom stereocenters. The Morgan fingerprint density at radius 1 is 1.28 bits per heavy atom. The van der Waals surface area contributed by atoms with Gasteiger partial charge in [0.15, 0.2) is 0 Å². The number of rotatable bonds is 8. The maximum Gasteiger partial charge on any atom is 0.243 e. The minimum absolute atomic E-state index is 0.0937. The van der Waals surface area contributed by atoms with Gasteiger partial charge in [-0.2, -0.15) is 0 Å². The Bertz CT molecular complexity index is 446. The van der Waals surface area contributed by atoms with Crippen LogP contribution >= 0.6 is 0 Å². The zero-order chi connectivity index (χ0) is 18.7. The lowest BCUT2D eigenvalue weighted by Crippen LogP contribution is -2.76. The summed E-state index contributed by atoms with van der Waals surface area (Å²) in [7, 11) is 2.22. The van der Waals surface area contributed by atoms with Crippen LogP contribution in [0.15, 0.2) is 0 Å². The van der Waals surface area contributed by atoms with Crippen molar-refractivity contribution in [2.75, 3.05) is 39.8 Å². The maximum absolute atomic E-state index is 13.1. The molecule has 2 fully saturated rings. The predicted octanol–water partition coefficient (Wildman–Crippen LogP) is 2.49. The number of likely N-dealkylation sites (tertiary alicyclic amines) is 1. The van der Waals surface area contributed by atoms with Crippen molar-refractivity contribution >= 4 is 5.91 Å². The van der Waals surface area contributed by atoms with Gasteiger partial charge in [0.25, 0.3) is 0 Å². The van der Waals surface area contributed by atoms with Gasteiger partial charge in [-0.05, 0) is 45.7 Å². The van der Waals surface area contributed by atoms with E-state index in [4.69, 9.17) is 10.5 Å². The van der Waals surface area contributed by atoms with Crippen molar-refractivity contribution in [3.05, 3.63) is 0 Å². The molecule has 1 heterocycles. The Balaban J connectivity index is 1.83. The minimum atomic E-state index is -0.766. The largest absolute Gasteiger partial charge is 0.378 e. The van der Waals surface area contributed by atoms with E-state index in [0.717, 1.165) is 32.5 Å². The van der Waals surface area contributed by atoms with Crippen LogP contribution in [0.2, 0.25) is 0 Å². The van der Waals surface area contributed by atoms with Crippen molar-refractivity contribution in [1.82, 2.24) is 9.80 Å². The van der Waals surface area contributed by atoms with Crippen LogP contribution in [-0.4, -0.2) is 67.2 Å². The van der Waals surface area contributed by atoms with E-state index < -0.39 is 5.54 Å². The second-order valence-electron chi connectivity index (χ2n) is 8.69. The summed E-state index contributed by atoms with van der Waals surface area (Å²) in [5.41, 5.74) is 5.51. The second kappa shape index (κ2) is 8.36. The quantitative estimate of drug-likeness (QED) is 0.728. The van der Waals surface area contributed by atoms with E-state index >= 15 is 0 Å². The number of hydrogen-bond donors (Lipinski definition) is 1. The average Bonchev–Trinajstić information content (AvgIpc) is 2.59. The summed E-state index contributed by atoms with van der Waals surface area (Å²) in [6.45, 7) is 13.1. The molecule has 1 saturated carbocycles. The van der Waals surface area contributed by atoms with Gasteiger partial charge in [-0.15, -0.1) is 0 Å². The molecule has 0 spiro atoms. The molecule has 5 nitrogen and oxygen atoms in total. The van der Waals surface area contributed by atoms with Crippen LogP contribution in [0.25, 0.3) is 0 Å². The van der Waals surface area contributed by atoms with E-state index in [9.17, 15) is 4.79 Å². The third kappa shape index (κ3) is 4.20. The molecule has 1 aliphatic carbocycles. The molecule has 1 aliphatic heterocycles. The van der Waals surface area contributed by atoms with Gasteiger partial charge in [-0.1, -0.05) is 27.2 Å². The van der Waals surface area contributed by atoms with Gasteiger partial charge in [0, 0.05) is 38.1 Å². The fourth-order valence-electron chi connectivity index (χ4n) is 4.36. The van der Waals surface area contributed by atoms with Gasteiger partial charge in [0.2, 0.25) is 5.91 Å². The van der Waals surface area contributed by atoms with Crippen molar-refractivity contribution in [3.63, 3.8) is 0 Å². The molecule has 0 aromatic heterocycles. The zero-order valence-electron chi connectivity index (χ0n) is 17.0. The molecule has 2 N–H and O–H groups in total. The van der Waals surface area contributed by atoms with Crippen LogP contribution < -0.4 is 5.73 Å². The fraction of sp³-hybridized carbons (Fsp3) is 0.950. The highest BCUT2D eigenvalue weighted by molar-refractivity contribution is 5.89. The number of hydrogen-bond acceptors (Lipinski definition) is 4. The third-order valence-electron chi connectivity index (χ3n) is 6.58. The molecule has 146 valence electrons. The monoisotopic (exact) mass is 353 g/mol. The number of piperidine rings is 1. The number of nitrogens with zero attached hydrogens (tertiary/aromatic N) is 2. The van der Waals surface area contributed by atoms with Gasteiger partial charge in [0.05, 0.1) is 6.10 Å². The molecule has 0 aromatic rings. The summed E-state index contributed by atoms with van der Waals surface area (Å²) < 4.78 is 5.76. The van der Waals surface area contributed by atoms with E-state index in [0.29, 0.717) is 18.9 Å². The molecular formula is C20H39N3O2. The lowest BCUT2D eigenvalue weighted by Gasteiger charge is -2.59. The molecule has 1 saturated heterocycles. The van der Waals surface area contributed by atoms with Gasteiger partial charge < -0.3 is 20.3 Å². The fourth-order valence-corrected chi connectivity index (χ4v) is 4.36. The highest BCUT2D eigenvalue weighted by Gasteiger charge is 2.63. The molecule has 2 rings (SSSR count). The van der Waals surface area contributed by atoms with E-state index in [2.05, 4.69) is 32.7 Å². The van der Waals surface area contributed by atoms with E-state index in [1.807, 2.05) is 11.8 Å². The number of nitrogens with two attached hydrogens (primary N) is 1. The van der Waals surface area contributed by atoms with Crippen molar-refractivity contribution in [2.24, 2.45) is 17.1 Å². The number of amides is 1. The summed E-state index contributed by atoms with van der Waals surface area (Å²) >= 11 is 0. The van der Waals surface area contributed by atoms with Crippen molar-refractivity contribution in [1.29, 1.82) is 0 Å². The first-order valence-electron chi connectivity index (χ1n) is 10.1. The van der Waals surface area contributed by atoms with Crippen LogP contribution in [0.3, 0.4) is 0 Å². The second-order valence-corrected chi connectivity index (χ2v) is 8.69. The lowest BCUT2D eigenvalue weighted by molar-refractivity contribution is -0.180. The topological polar surface area (TPSA) is 58.8 Å². The first kappa shape index (κ1) is 20.7. The predicted molar refractivity (Wildman–Crippen MR) is 102 cm³/mol. The molecule has 0 bridgehead atoms. The summed E-state index contributed by atoms with van der Waals surface area (Å²) in [6.07, 6.45) is 5.43. The highest BCUT2D eigenvalue weighted by Crippen LogP contribution is 2.50. The highest BCUT2D eigenvalue weighted by atomic mass is 16.5. The normalized spacial score (nSPS) is 29.7. The van der Waals surface area contributed by atoms with Gasteiger partial charge in [-0.25, -0.2) is 0 Å². The molecular weight excluding hydrogens is 314 g/mol. The van der Waals surface area contributed by atoms with Crippen LogP contribution in [0.1, 0.15) is 59.8 Å². The van der Waals surface area contributed by atoms with Crippen LogP contribution in [0.4, 0.5) is 0 Å². The molecule has 0 radical (unpaired) electrons. The number of unbranched alkanes of at least 4 members (excludes halogenated alkanes) is 1. The van der Waals surface area contributed by atoms with E-state index in [1.54, 1.807) is 0 Å². The van der Waals surface area contributed by atoms with Crippen molar-refractivity contribution < 1.29 is 9.53 Å². The first-order chi connectivity index (χ1) is 11.8. The summed E-state index contributed by atoms with van der Waals surface area (Å²) in [5.74, 6) is 0.830. The standard InChI is InChI=1S/C20H39N3O2/c1-6-8-11-22(5)15-16-9-12-23(13-10-16)18(24)20(21)14-17(25-7-2)19(20,3)4/h16-17H,6-15,21H2,1-5H3. The minimum Gasteiger partial charge on any atom is -0.378 e. The van der Waals surface area contributed by atoms with Crippen LogP contribution in [0, 0.1) is 11.3 Å². The molecule has 2 aliphatic rings. The van der Waals surface area contributed by atoms with Crippen molar-refractivity contribution in [2.45, 2.75) is 71.4 Å². The van der Waals surface area contributed by atoms with Gasteiger partial charge in [-0.3, -0.25) is 4.79 Å². The Labute approximate surface area is 154 Å². The number of carbonyl (C=O) groups excluding carboxylic acids is 1. The summed E-state index contributed by atoms with van der Waals surface area (Å²) in [5, 5.41) is 0. The average molecular weight is 354 g/mol. The molecule has 25 heavy (non-hydrogen) atoms. The smallest absolute Gasteiger partial charge is 0.243 e. The molecule has 0 aromatic carbocycles. The van der Waals surface area contributed by atoms with E-state index in [-0.39, 0.29) is 17.4 Å². The van der Waals surface area contributed by atoms with Gasteiger partial charge >= 0.3 is 0 Å². The molecule has 5 heteroatoms. The first-order valence-corrected chi connectivity index (χ1v) is 10.1. The Morgan fingerprint density at radius 2 is 1.92 bits per heavy atom. The number of carbonyl (C=O) groups is 1. The Hall–Kier alpha value is -0.650. The van der Waals surface area contributed by atoms with Crippen molar-refractivity contribution in [3.8, 4) is 0 Å².